The number of aliphatic hydroxyl groups is 1. The van der Waals surface area contributed by atoms with Gasteiger partial charge < -0.3 is 14.3 Å². The van der Waals surface area contributed by atoms with Crippen LogP contribution < -0.4 is 4.74 Å². The Morgan fingerprint density at radius 3 is 2.76 bits per heavy atom. The maximum Gasteiger partial charge on any atom is 0.177 e. The summed E-state index contributed by atoms with van der Waals surface area (Å²) in [6.45, 7) is 4.34. The summed E-state index contributed by atoms with van der Waals surface area (Å²) in [4.78, 5) is 13.0. The Kier molecular flexibility index (Phi) is 3.74. The van der Waals surface area contributed by atoms with Crippen LogP contribution in [0.5, 0.6) is 5.75 Å². The molecule has 0 saturated carbocycles. The first-order valence-electron chi connectivity index (χ1n) is 8.42. The molecule has 4 nitrogen and oxygen atoms in total. The lowest BCUT2D eigenvalue weighted by atomic mass is 9.91. The molecule has 25 heavy (non-hydrogen) atoms. The lowest BCUT2D eigenvalue weighted by molar-refractivity contribution is 0.0867. The Balaban J connectivity index is 1.80. The summed E-state index contributed by atoms with van der Waals surface area (Å²) in [6.07, 6.45) is -0.0702. The van der Waals surface area contributed by atoms with E-state index in [4.69, 9.17) is 9.15 Å². The highest BCUT2D eigenvalue weighted by molar-refractivity contribution is 6.13. The number of carbonyl (C=O) groups excluding carboxylic acids is 1. The van der Waals surface area contributed by atoms with Crippen LogP contribution in [0.15, 0.2) is 34.7 Å². The van der Waals surface area contributed by atoms with E-state index in [1.807, 2.05) is 25.1 Å². The van der Waals surface area contributed by atoms with Gasteiger partial charge in [-0.3, -0.25) is 4.79 Å². The van der Waals surface area contributed by atoms with Gasteiger partial charge in [-0.25, -0.2) is 0 Å². The highest BCUT2D eigenvalue weighted by Gasteiger charge is 2.45. The number of ketones is 1. The minimum Gasteiger partial charge on any atom is -0.493 e. The first kappa shape index (κ1) is 15.7. The van der Waals surface area contributed by atoms with Crippen LogP contribution in [0.1, 0.15) is 59.3 Å². The molecule has 2 atom stereocenters. The minimum atomic E-state index is -0.924. The van der Waals surface area contributed by atoms with Crippen LogP contribution in [-0.2, 0) is 0 Å². The van der Waals surface area contributed by atoms with Crippen molar-refractivity contribution in [3.05, 3.63) is 52.6 Å². The van der Waals surface area contributed by atoms with Crippen molar-refractivity contribution < 1.29 is 19.1 Å². The SMILES string of the molecule is CC#Cc1ccc(C2C(=O)c3c(c4ccc3o4)C2O)c(OCCC)c1. The molecular formula is C21H18O4. The molecule has 0 amide bonds. The van der Waals surface area contributed by atoms with Crippen molar-refractivity contribution in [1.82, 2.24) is 0 Å². The Hall–Kier alpha value is -2.77. The van der Waals surface area contributed by atoms with Gasteiger partial charge in [-0.1, -0.05) is 18.9 Å². The average Bonchev–Trinajstić information content (AvgIpc) is 3.28. The fraction of sp³-hybridized carbons (Fsp3) is 0.286. The smallest absolute Gasteiger partial charge is 0.177 e. The molecule has 1 aromatic carbocycles. The zero-order chi connectivity index (χ0) is 17.6. The molecule has 2 unspecified atom stereocenters. The highest BCUT2D eigenvalue weighted by atomic mass is 16.5. The Labute approximate surface area is 145 Å². The predicted octanol–water partition coefficient (Wildman–Crippen LogP) is 4.04. The first-order chi connectivity index (χ1) is 12.2. The molecule has 0 saturated heterocycles. The van der Waals surface area contributed by atoms with Crippen molar-refractivity contribution in [2.45, 2.75) is 32.3 Å². The third kappa shape index (κ3) is 2.32. The second-order valence-electron chi connectivity index (χ2n) is 6.22. The van der Waals surface area contributed by atoms with Gasteiger partial charge in [0.15, 0.2) is 5.78 Å². The summed E-state index contributed by atoms with van der Waals surface area (Å²) < 4.78 is 11.4. The van der Waals surface area contributed by atoms with E-state index in [0.717, 1.165) is 12.0 Å². The van der Waals surface area contributed by atoms with Crippen molar-refractivity contribution in [3.8, 4) is 17.6 Å². The van der Waals surface area contributed by atoms with Crippen LogP contribution in [0.4, 0.5) is 0 Å². The molecule has 0 radical (unpaired) electrons. The van der Waals surface area contributed by atoms with Gasteiger partial charge in [0.05, 0.1) is 24.2 Å². The molecule has 1 aliphatic carbocycles. The number of aliphatic hydroxyl groups excluding tert-OH is 1. The minimum absolute atomic E-state index is 0.118. The van der Waals surface area contributed by atoms with Gasteiger partial charge in [0.1, 0.15) is 16.9 Å². The molecule has 4 heteroatoms. The maximum absolute atomic E-state index is 13.0. The molecule has 4 rings (SSSR count). The lowest BCUT2D eigenvalue weighted by Crippen LogP contribution is -2.14. The average molecular weight is 334 g/mol. The number of benzene rings is 2. The summed E-state index contributed by atoms with van der Waals surface area (Å²) >= 11 is 0. The standard InChI is InChI=1S/C21H18O4/c1-3-5-12-6-7-13(16(11-12)24-10-4-2)17-20(22)18-14-8-9-15(25-14)19(18)21(17)23/h6-9,11,17,20,22H,4,10H2,1-2H3. The van der Waals surface area contributed by atoms with Crippen LogP contribution in [0.3, 0.4) is 0 Å². The molecule has 0 spiro atoms. The molecule has 0 fully saturated rings. The number of hydrogen-bond donors (Lipinski definition) is 1. The number of carbonyl (C=O) groups is 1. The fourth-order valence-electron chi connectivity index (χ4n) is 3.55. The first-order valence-corrected chi connectivity index (χ1v) is 8.42. The zero-order valence-electron chi connectivity index (χ0n) is 14.1. The van der Waals surface area contributed by atoms with Crippen molar-refractivity contribution in [2.75, 3.05) is 6.61 Å². The second kappa shape index (κ2) is 5.94. The van der Waals surface area contributed by atoms with E-state index in [-0.39, 0.29) is 5.78 Å². The van der Waals surface area contributed by atoms with Gasteiger partial charge in [0, 0.05) is 16.7 Å². The van der Waals surface area contributed by atoms with Crippen molar-refractivity contribution in [2.24, 2.45) is 0 Å². The van der Waals surface area contributed by atoms with Gasteiger partial charge in [-0.15, -0.1) is 5.92 Å². The van der Waals surface area contributed by atoms with E-state index in [2.05, 4.69) is 11.8 Å². The number of Topliss-reactive ketones (excluding diaryl/α,β-unsaturated/α-hetero) is 1. The van der Waals surface area contributed by atoms with Gasteiger partial charge in [0.2, 0.25) is 0 Å². The summed E-state index contributed by atoms with van der Waals surface area (Å²) in [5.41, 5.74) is 3.76. The normalized spacial score (nSPS) is 19.1. The predicted molar refractivity (Wildman–Crippen MR) is 94.2 cm³/mol. The maximum atomic E-state index is 13.0. The van der Waals surface area contributed by atoms with Gasteiger partial charge in [-0.05, 0) is 37.6 Å². The van der Waals surface area contributed by atoms with Crippen LogP contribution in [0, 0.1) is 11.8 Å². The highest BCUT2D eigenvalue weighted by Crippen LogP contribution is 2.50. The Bertz CT molecular complexity index is 1000. The summed E-state index contributed by atoms with van der Waals surface area (Å²) in [7, 11) is 0. The summed E-state index contributed by atoms with van der Waals surface area (Å²) in [6, 6.07) is 9.10. The van der Waals surface area contributed by atoms with Gasteiger partial charge in [-0.2, -0.15) is 0 Å². The third-order valence-electron chi connectivity index (χ3n) is 4.61. The molecule has 2 heterocycles. The van der Waals surface area contributed by atoms with E-state index in [1.54, 1.807) is 19.1 Å². The molecule has 2 aromatic heterocycles. The van der Waals surface area contributed by atoms with Gasteiger partial charge >= 0.3 is 0 Å². The molecule has 126 valence electrons. The lowest BCUT2D eigenvalue weighted by Gasteiger charge is -2.19. The molecule has 1 aliphatic rings. The number of fused-ring (bicyclic) bond motifs is 5. The molecular weight excluding hydrogens is 316 g/mol. The van der Waals surface area contributed by atoms with Gasteiger partial charge in [0.25, 0.3) is 0 Å². The summed E-state index contributed by atoms with van der Waals surface area (Å²) in [5, 5.41) is 10.8. The number of rotatable bonds is 4. The van der Waals surface area contributed by atoms with Crippen molar-refractivity contribution in [1.29, 1.82) is 0 Å². The van der Waals surface area contributed by atoms with E-state index in [0.29, 0.717) is 40.2 Å². The number of ether oxygens (including phenoxy) is 1. The van der Waals surface area contributed by atoms with Crippen LogP contribution in [-0.4, -0.2) is 17.5 Å². The molecule has 2 bridgehead atoms. The quantitative estimate of drug-likeness (QED) is 0.732. The number of hydrogen-bond acceptors (Lipinski definition) is 4. The third-order valence-corrected chi connectivity index (χ3v) is 4.61. The number of furan rings is 2. The second-order valence-corrected chi connectivity index (χ2v) is 6.22. The van der Waals surface area contributed by atoms with Crippen molar-refractivity contribution in [3.63, 3.8) is 0 Å². The molecule has 0 aliphatic heterocycles. The molecule has 3 aromatic rings. The monoisotopic (exact) mass is 334 g/mol. The molecule has 1 N–H and O–H groups in total. The van der Waals surface area contributed by atoms with E-state index in [1.165, 1.54) is 0 Å². The van der Waals surface area contributed by atoms with Crippen LogP contribution >= 0.6 is 0 Å². The van der Waals surface area contributed by atoms with Crippen LogP contribution in [0.25, 0.3) is 11.2 Å². The zero-order valence-corrected chi connectivity index (χ0v) is 14.1. The topological polar surface area (TPSA) is 59.7 Å². The summed E-state index contributed by atoms with van der Waals surface area (Å²) in [5.74, 6) is 5.69. The fourth-order valence-corrected chi connectivity index (χ4v) is 3.55. The van der Waals surface area contributed by atoms with Crippen molar-refractivity contribution >= 4 is 16.9 Å². The van der Waals surface area contributed by atoms with E-state index in [9.17, 15) is 9.90 Å². The Morgan fingerprint density at radius 2 is 2.04 bits per heavy atom. The van der Waals surface area contributed by atoms with E-state index >= 15 is 0 Å². The Morgan fingerprint density at radius 1 is 1.24 bits per heavy atom. The van der Waals surface area contributed by atoms with E-state index < -0.39 is 12.0 Å². The largest absolute Gasteiger partial charge is 0.493 e. The van der Waals surface area contributed by atoms with Crippen LogP contribution in [0.2, 0.25) is 0 Å².